The maximum absolute atomic E-state index is 14.3. The Balaban J connectivity index is 1.82. The Kier molecular flexibility index (Phi) is 9.69. The van der Waals surface area contributed by atoms with Crippen LogP contribution in [0.25, 0.3) is 11.8 Å². The molecule has 6 nitrogen and oxygen atoms in total. The molecule has 0 N–H and O–H groups in total. The maximum Gasteiger partial charge on any atom is 0.338 e. The van der Waals surface area contributed by atoms with Crippen molar-refractivity contribution in [2.24, 2.45) is 4.99 Å². The molecule has 2 heterocycles. The van der Waals surface area contributed by atoms with E-state index in [1.807, 2.05) is 66.7 Å². The summed E-state index contributed by atoms with van der Waals surface area (Å²) < 4.78 is 15.2. The van der Waals surface area contributed by atoms with Crippen LogP contribution in [-0.4, -0.2) is 23.8 Å². The van der Waals surface area contributed by atoms with E-state index in [-0.39, 0.29) is 18.8 Å². The number of hydrogen-bond acceptors (Lipinski definition) is 6. The number of nitrogens with zero attached hydrogens (tertiary/aromatic N) is 2. The quantitative estimate of drug-likeness (QED) is 0.118. The van der Waals surface area contributed by atoms with Gasteiger partial charge in [-0.05, 0) is 64.8 Å². The van der Waals surface area contributed by atoms with Gasteiger partial charge in [-0.3, -0.25) is 9.36 Å². The molecule has 43 heavy (non-hydrogen) atoms. The van der Waals surface area contributed by atoms with Crippen molar-refractivity contribution in [2.45, 2.75) is 32.7 Å². The van der Waals surface area contributed by atoms with E-state index < -0.39 is 12.0 Å². The van der Waals surface area contributed by atoms with Gasteiger partial charge in [0.1, 0.15) is 12.4 Å². The Hall–Kier alpha value is -3.46. The van der Waals surface area contributed by atoms with Gasteiger partial charge in [-0.15, -0.1) is 6.42 Å². The molecule has 1 aliphatic rings. The molecule has 0 amide bonds. The van der Waals surface area contributed by atoms with E-state index in [9.17, 15) is 9.59 Å². The molecule has 0 unspecified atom stereocenters. The molecule has 0 aliphatic carbocycles. The normalized spacial score (nSPS) is 14.7. The Morgan fingerprint density at radius 1 is 1.19 bits per heavy atom. The van der Waals surface area contributed by atoms with Crippen molar-refractivity contribution in [1.82, 2.24) is 4.57 Å². The topological polar surface area (TPSA) is 69.9 Å². The van der Waals surface area contributed by atoms with Crippen LogP contribution >= 0.6 is 49.9 Å². The number of hydrogen-bond donors (Lipinski definition) is 0. The van der Waals surface area contributed by atoms with Gasteiger partial charge < -0.3 is 9.47 Å². The van der Waals surface area contributed by atoms with Crippen molar-refractivity contribution in [1.29, 1.82) is 0 Å². The zero-order chi connectivity index (χ0) is 30.7. The highest BCUT2D eigenvalue weighted by molar-refractivity contribution is 14.1. The Morgan fingerprint density at radius 2 is 1.91 bits per heavy atom. The summed E-state index contributed by atoms with van der Waals surface area (Å²) in [6.45, 7) is 6.30. The minimum atomic E-state index is -0.742. The largest absolute Gasteiger partial charge is 0.479 e. The summed E-state index contributed by atoms with van der Waals surface area (Å²) in [5.74, 6) is 2.91. The monoisotopic (exact) mass is 766 g/mol. The first-order valence-electron chi connectivity index (χ1n) is 13.7. The van der Waals surface area contributed by atoms with Crippen LogP contribution in [0.1, 0.15) is 55.0 Å². The van der Waals surface area contributed by atoms with Crippen molar-refractivity contribution in [3.05, 3.63) is 122 Å². The van der Waals surface area contributed by atoms with Crippen molar-refractivity contribution < 1.29 is 14.3 Å². The maximum atomic E-state index is 14.3. The smallest absolute Gasteiger partial charge is 0.338 e. The van der Waals surface area contributed by atoms with Crippen LogP contribution in [0.2, 0.25) is 0 Å². The highest BCUT2D eigenvalue weighted by Gasteiger charge is 2.35. The Bertz CT molecular complexity index is 1940. The first-order valence-corrected chi connectivity index (χ1v) is 16.4. The van der Waals surface area contributed by atoms with Crippen LogP contribution in [0, 0.1) is 15.9 Å². The second-order valence-corrected chi connectivity index (χ2v) is 13.1. The number of carbonyl (C=O) groups is 1. The number of benzene rings is 3. The second-order valence-electron chi connectivity index (χ2n) is 10.1. The SMILES string of the molecule is C#CCOc1c(I)cc(Br)cc1/C=c1\sc2n(c1=O)[C@@H](c1ccc(C(C)C)cc1)C(C(=O)OCC)=C(c1ccccc1)N=2. The second kappa shape index (κ2) is 13.5. The van der Waals surface area contributed by atoms with Gasteiger partial charge in [0.25, 0.3) is 5.56 Å². The number of carbonyl (C=O) groups excluding carboxylic acids is 1. The van der Waals surface area contributed by atoms with E-state index >= 15 is 0 Å². The number of terminal acetylenes is 1. The van der Waals surface area contributed by atoms with E-state index in [4.69, 9.17) is 20.9 Å². The summed E-state index contributed by atoms with van der Waals surface area (Å²) >= 11 is 7.00. The standard InChI is InChI=1S/C34H28BrIN2O4S/c1-5-16-42-31-24(17-25(35)19-26(31)36)18-27-32(39)38-30(23-14-12-21(13-15-23)20(3)4)28(33(40)41-6-2)29(37-34(38)43-27)22-10-8-7-9-11-22/h1,7-15,17-20,30H,6,16H2,2-4H3/b27-18-/t30-/m0/s1. The van der Waals surface area contributed by atoms with E-state index in [0.717, 1.165) is 24.7 Å². The number of rotatable bonds is 8. The summed E-state index contributed by atoms with van der Waals surface area (Å²) in [5, 5.41) is 0. The Labute approximate surface area is 276 Å². The lowest BCUT2D eigenvalue weighted by Gasteiger charge is -2.26. The third-order valence-corrected chi connectivity index (χ3v) is 9.16. The summed E-state index contributed by atoms with van der Waals surface area (Å²) in [6.07, 6.45) is 7.25. The number of thiazole rings is 1. The van der Waals surface area contributed by atoms with Gasteiger partial charge in [-0.25, -0.2) is 9.79 Å². The average molecular weight is 767 g/mol. The molecule has 1 atom stereocenters. The van der Waals surface area contributed by atoms with E-state index in [1.54, 1.807) is 17.6 Å². The number of aromatic nitrogens is 1. The third kappa shape index (κ3) is 6.42. The number of ether oxygens (including phenoxy) is 2. The lowest BCUT2D eigenvalue weighted by atomic mass is 9.91. The molecule has 218 valence electrons. The molecule has 0 fully saturated rings. The fourth-order valence-corrected chi connectivity index (χ4v) is 7.61. The summed E-state index contributed by atoms with van der Waals surface area (Å²) in [6, 6.07) is 20.6. The van der Waals surface area contributed by atoms with E-state index in [0.29, 0.717) is 37.8 Å². The fraction of sp³-hybridized carbons (Fsp3) is 0.206. The number of esters is 1. The molecule has 3 aromatic carbocycles. The zero-order valence-corrected chi connectivity index (χ0v) is 28.3. The van der Waals surface area contributed by atoms with Gasteiger partial charge in [0.05, 0.1) is 32.0 Å². The molecule has 9 heteroatoms. The van der Waals surface area contributed by atoms with Gasteiger partial charge in [0.15, 0.2) is 4.80 Å². The zero-order valence-electron chi connectivity index (χ0n) is 23.8. The van der Waals surface area contributed by atoms with E-state index in [1.165, 1.54) is 11.3 Å². The molecular formula is C34H28BrIN2O4S. The Morgan fingerprint density at radius 3 is 2.56 bits per heavy atom. The first-order chi connectivity index (χ1) is 20.7. The van der Waals surface area contributed by atoms with Crippen molar-refractivity contribution in [2.75, 3.05) is 13.2 Å². The van der Waals surface area contributed by atoms with Crippen LogP contribution in [0.5, 0.6) is 5.75 Å². The van der Waals surface area contributed by atoms with Gasteiger partial charge in [0, 0.05) is 15.6 Å². The molecule has 4 aromatic rings. The number of fused-ring (bicyclic) bond motifs is 1. The molecule has 0 saturated heterocycles. The summed E-state index contributed by atoms with van der Waals surface area (Å²) in [7, 11) is 0. The fourth-order valence-electron chi connectivity index (χ4n) is 4.91. The lowest BCUT2D eigenvalue weighted by molar-refractivity contribution is -0.138. The molecule has 1 aliphatic heterocycles. The van der Waals surface area contributed by atoms with Gasteiger partial charge in [-0.1, -0.05) is 102 Å². The van der Waals surface area contributed by atoms with Gasteiger partial charge >= 0.3 is 5.97 Å². The molecule has 1 aromatic heterocycles. The summed E-state index contributed by atoms with van der Waals surface area (Å²) in [5.41, 5.74) is 3.94. The minimum Gasteiger partial charge on any atom is -0.479 e. The number of halogens is 2. The van der Waals surface area contributed by atoms with Crippen LogP contribution in [0.4, 0.5) is 0 Å². The van der Waals surface area contributed by atoms with Crippen LogP contribution in [0.3, 0.4) is 0 Å². The molecule has 0 radical (unpaired) electrons. The lowest BCUT2D eigenvalue weighted by Crippen LogP contribution is -2.40. The van der Waals surface area contributed by atoms with Gasteiger partial charge in [0.2, 0.25) is 0 Å². The van der Waals surface area contributed by atoms with E-state index in [2.05, 4.69) is 58.3 Å². The van der Waals surface area contributed by atoms with Crippen LogP contribution < -0.4 is 19.6 Å². The molecular weight excluding hydrogens is 739 g/mol. The van der Waals surface area contributed by atoms with Crippen molar-refractivity contribution in [3.8, 4) is 18.1 Å². The molecule has 0 spiro atoms. The van der Waals surface area contributed by atoms with Gasteiger partial charge in [-0.2, -0.15) is 0 Å². The highest BCUT2D eigenvalue weighted by atomic mass is 127. The first kappa shape index (κ1) is 31.0. The molecule has 0 saturated carbocycles. The summed E-state index contributed by atoms with van der Waals surface area (Å²) in [4.78, 5) is 33.4. The average Bonchev–Trinajstić information content (AvgIpc) is 3.30. The van der Waals surface area contributed by atoms with Crippen LogP contribution in [0.15, 0.2) is 86.6 Å². The minimum absolute atomic E-state index is 0.0927. The van der Waals surface area contributed by atoms with Crippen molar-refractivity contribution in [3.63, 3.8) is 0 Å². The predicted octanol–water partition coefficient (Wildman–Crippen LogP) is 6.44. The van der Waals surface area contributed by atoms with Crippen LogP contribution in [-0.2, 0) is 9.53 Å². The predicted molar refractivity (Wildman–Crippen MR) is 183 cm³/mol. The molecule has 5 rings (SSSR count). The molecule has 0 bridgehead atoms. The highest BCUT2D eigenvalue weighted by Crippen LogP contribution is 2.36. The third-order valence-electron chi connectivity index (χ3n) is 6.92. The van der Waals surface area contributed by atoms with Crippen molar-refractivity contribution >= 4 is 67.6 Å².